The highest BCUT2D eigenvalue weighted by Crippen LogP contribution is 2.94. The molecule has 4 rings (SSSR count). The minimum Gasteiger partial charge on any atom is -0.469 e. The molecule has 2 unspecified atom stereocenters. The molecule has 202 valence electrons. The van der Waals surface area contributed by atoms with Gasteiger partial charge in [0, 0.05) is 10.8 Å². The lowest BCUT2D eigenvalue weighted by atomic mass is 9.64. The lowest BCUT2D eigenvalue weighted by Gasteiger charge is -2.38. The Labute approximate surface area is 214 Å². The summed E-state index contributed by atoms with van der Waals surface area (Å²) in [5.74, 6) is -4.17. The zero-order valence-electron chi connectivity index (χ0n) is 22.6. The number of ether oxygens (including phenoxy) is 4. The van der Waals surface area contributed by atoms with Gasteiger partial charge in [-0.25, -0.2) is 0 Å². The van der Waals surface area contributed by atoms with Crippen LogP contribution in [0.4, 0.5) is 0 Å². The highest BCUT2D eigenvalue weighted by Gasteiger charge is 3.03. The van der Waals surface area contributed by atoms with Gasteiger partial charge in [-0.05, 0) is 37.5 Å². The third-order valence-electron chi connectivity index (χ3n) is 11.0. The molecule has 0 amide bonds. The van der Waals surface area contributed by atoms with Crippen LogP contribution < -0.4 is 0 Å². The van der Waals surface area contributed by atoms with E-state index >= 15 is 0 Å². The Morgan fingerprint density at radius 2 is 0.833 bits per heavy atom. The maximum Gasteiger partial charge on any atom is 0.314 e. The second-order valence-corrected chi connectivity index (χ2v) is 11.7. The number of carbonyl (C=O) groups excluding carboxylic acids is 4. The number of carbonyl (C=O) groups is 4. The summed E-state index contributed by atoms with van der Waals surface area (Å²) in [6.45, 7) is 3.86. The van der Waals surface area contributed by atoms with Crippen molar-refractivity contribution < 1.29 is 38.1 Å². The van der Waals surface area contributed by atoms with Gasteiger partial charge < -0.3 is 18.9 Å². The van der Waals surface area contributed by atoms with Crippen LogP contribution in [0.3, 0.4) is 0 Å². The van der Waals surface area contributed by atoms with E-state index in [1.807, 2.05) is 13.8 Å². The SMILES string of the molecule is COC(=O)C1[C@@](C)(C2CCCCC2)[C@@]1(C(=O)OC)[C@@]1(C(=O)OC)C(C(=O)OC)[C@@]1(C)C1CCCCC1. The largest absolute Gasteiger partial charge is 0.469 e. The van der Waals surface area contributed by atoms with Crippen molar-refractivity contribution in [2.75, 3.05) is 28.4 Å². The summed E-state index contributed by atoms with van der Waals surface area (Å²) < 4.78 is 21.4. The molecule has 0 aliphatic heterocycles. The van der Waals surface area contributed by atoms with Crippen molar-refractivity contribution in [3.8, 4) is 0 Å². The summed E-state index contributed by atoms with van der Waals surface area (Å²) in [5.41, 5.74) is -5.00. The summed E-state index contributed by atoms with van der Waals surface area (Å²) in [6.07, 6.45) is 9.46. The molecule has 8 heteroatoms. The molecule has 6 atom stereocenters. The average Bonchev–Trinajstić information content (AvgIpc) is 3.73. The van der Waals surface area contributed by atoms with E-state index in [-0.39, 0.29) is 11.8 Å². The second-order valence-electron chi connectivity index (χ2n) is 11.7. The molecule has 0 aromatic heterocycles. The summed E-state index contributed by atoms with van der Waals surface area (Å²) >= 11 is 0. The molecule has 0 saturated heterocycles. The molecule has 4 saturated carbocycles. The Morgan fingerprint density at radius 1 is 0.528 bits per heavy atom. The Balaban J connectivity index is 2.02. The van der Waals surface area contributed by atoms with Crippen molar-refractivity contribution >= 4 is 23.9 Å². The first-order chi connectivity index (χ1) is 17.1. The van der Waals surface area contributed by atoms with Crippen molar-refractivity contribution in [2.24, 2.45) is 45.3 Å². The zero-order chi connectivity index (χ0) is 26.5. The van der Waals surface area contributed by atoms with Crippen LogP contribution in [0, 0.1) is 45.3 Å². The maximum absolute atomic E-state index is 14.1. The smallest absolute Gasteiger partial charge is 0.314 e. The number of hydrogen-bond donors (Lipinski definition) is 0. The summed E-state index contributed by atoms with van der Waals surface area (Å²) in [6, 6.07) is 0. The van der Waals surface area contributed by atoms with E-state index < -0.39 is 57.4 Å². The fourth-order valence-corrected chi connectivity index (χ4v) is 9.51. The number of hydrogen-bond acceptors (Lipinski definition) is 8. The summed E-state index contributed by atoms with van der Waals surface area (Å²) in [4.78, 5) is 55.2. The van der Waals surface area contributed by atoms with Crippen molar-refractivity contribution in [1.82, 2.24) is 0 Å². The first-order valence-corrected chi connectivity index (χ1v) is 13.5. The van der Waals surface area contributed by atoms with E-state index in [2.05, 4.69) is 0 Å². The van der Waals surface area contributed by atoms with Gasteiger partial charge in [-0.15, -0.1) is 0 Å². The Kier molecular flexibility index (Phi) is 6.97. The van der Waals surface area contributed by atoms with Crippen LogP contribution in [0.25, 0.3) is 0 Å². The first kappa shape index (κ1) is 26.9. The fraction of sp³-hybridized carbons (Fsp3) is 0.857. The van der Waals surface area contributed by atoms with Crippen molar-refractivity contribution in [3.05, 3.63) is 0 Å². The third kappa shape index (κ3) is 2.99. The maximum atomic E-state index is 14.1. The molecule has 0 N–H and O–H groups in total. The lowest BCUT2D eigenvalue weighted by molar-refractivity contribution is -0.171. The van der Waals surface area contributed by atoms with Gasteiger partial charge in [0.05, 0.1) is 40.3 Å². The molecule has 0 radical (unpaired) electrons. The van der Waals surface area contributed by atoms with Gasteiger partial charge in [0.2, 0.25) is 0 Å². The van der Waals surface area contributed by atoms with E-state index in [9.17, 15) is 19.2 Å². The van der Waals surface area contributed by atoms with Gasteiger partial charge in [-0.2, -0.15) is 0 Å². The predicted octanol–water partition coefficient (Wildman–Crippen LogP) is 4.08. The third-order valence-corrected chi connectivity index (χ3v) is 11.0. The summed E-state index contributed by atoms with van der Waals surface area (Å²) in [5, 5.41) is 0. The second kappa shape index (κ2) is 9.32. The highest BCUT2D eigenvalue weighted by molar-refractivity contribution is 6.06. The Bertz CT molecular complexity index is 845. The highest BCUT2D eigenvalue weighted by atomic mass is 16.5. The fourth-order valence-electron chi connectivity index (χ4n) is 9.51. The van der Waals surface area contributed by atoms with Crippen LogP contribution in [0.15, 0.2) is 0 Å². The van der Waals surface area contributed by atoms with Crippen LogP contribution in [0.1, 0.15) is 78.1 Å². The number of esters is 4. The summed E-state index contributed by atoms with van der Waals surface area (Å²) in [7, 11) is 5.19. The standard InChI is InChI=1S/C28H42O8/c1-25(17-13-9-7-10-14-17)19(21(29)33-3)27(25,23(31)35-5)28(24(32)36-6)20(22(30)34-4)26(28,2)18-15-11-8-12-16-18/h17-20H,7-16H2,1-6H3/t19?,20?,25-,26-,27-,28-/m1/s1. The van der Waals surface area contributed by atoms with Crippen molar-refractivity contribution in [2.45, 2.75) is 78.1 Å². The van der Waals surface area contributed by atoms with E-state index in [4.69, 9.17) is 18.9 Å². The molecule has 0 spiro atoms. The van der Waals surface area contributed by atoms with Crippen molar-refractivity contribution in [3.63, 3.8) is 0 Å². The van der Waals surface area contributed by atoms with Gasteiger partial charge in [0.25, 0.3) is 0 Å². The Morgan fingerprint density at radius 3 is 1.08 bits per heavy atom. The molecule has 0 aromatic carbocycles. The molecule has 4 aliphatic carbocycles. The predicted molar refractivity (Wildman–Crippen MR) is 129 cm³/mol. The molecule has 0 bridgehead atoms. The topological polar surface area (TPSA) is 105 Å². The quantitative estimate of drug-likeness (QED) is 0.376. The molecule has 0 heterocycles. The molecule has 0 aromatic rings. The lowest BCUT2D eigenvalue weighted by Crippen LogP contribution is -2.47. The van der Waals surface area contributed by atoms with Crippen LogP contribution >= 0.6 is 0 Å². The van der Waals surface area contributed by atoms with E-state index in [1.54, 1.807) is 0 Å². The first-order valence-electron chi connectivity index (χ1n) is 13.5. The van der Waals surface area contributed by atoms with Crippen LogP contribution in [0.5, 0.6) is 0 Å². The van der Waals surface area contributed by atoms with Crippen LogP contribution in [-0.2, 0) is 38.1 Å². The van der Waals surface area contributed by atoms with Gasteiger partial charge >= 0.3 is 23.9 Å². The minimum absolute atomic E-state index is 0.00508. The van der Waals surface area contributed by atoms with Gasteiger partial charge in [0.1, 0.15) is 10.8 Å². The van der Waals surface area contributed by atoms with E-state index in [0.717, 1.165) is 64.2 Å². The van der Waals surface area contributed by atoms with E-state index in [1.165, 1.54) is 28.4 Å². The molecule has 4 aliphatic rings. The molecule has 36 heavy (non-hydrogen) atoms. The van der Waals surface area contributed by atoms with Gasteiger partial charge in [0.15, 0.2) is 0 Å². The normalized spacial score (nSPS) is 40.6. The molecular weight excluding hydrogens is 464 g/mol. The monoisotopic (exact) mass is 506 g/mol. The minimum atomic E-state index is -1.58. The van der Waals surface area contributed by atoms with E-state index in [0.29, 0.717) is 0 Å². The van der Waals surface area contributed by atoms with Crippen LogP contribution in [0.2, 0.25) is 0 Å². The van der Waals surface area contributed by atoms with Crippen LogP contribution in [-0.4, -0.2) is 52.3 Å². The van der Waals surface area contributed by atoms with Gasteiger partial charge in [-0.1, -0.05) is 52.4 Å². The zero-order valence-corrected chi connectivity index (χ0v) is 22.6. The molecular formula is C28H42O8. The van der Waals surface area contributed by atoms with Gasteiger partial charge in [-0.3, -0.25) is 19.2 Å². The Hall–Kier alpha value is -2.12. The average molecular weight is 507 g/mol. The molecule has 4 fully saturated rings. The van der Waals surface area contributed by atoms with Crippen molar-refractivity contribution in [1.29, 1.82) is 0 Å². The molecule has 8 nitrogen and oxygen atoms in total. The number of rotatable bonds is 7. The number of methoxy groups -OCH3 is 4.